The van der Waals surface area contributed by atoms with E-state index in [1.165, 1.54) is 0 Å². The molecule has 0 aliphatic rings. The van der Waals surface area contributed by atoms with Crippen molar-refractivity contribution in [2.75, 3.05) is 32.8 Å². The number of ether oxygens (including phenoxy) is 1. The molecule has 1 atom stereocenters. The van der Waals surface area contributed by atoms with E-state index in [-0.39, 0.29) is 11.9 Å². The Morgan fingerprint density at radius 3 is 2.58 bits per heavy atom. The number of urea groups is 1. The Morgan fingerprint density at radius 2 is 2.05 bits per heavy atom. The minimum Gasteiger partial charge on any atom is -0.481 e. The maximum atomic E-state index is 11.8. The van der Waals surface area contributed by atoms with Crippen LogP contribution < -0.4 is 5.32 Å². The smallest absolute Gasteiger partial charge is 0.317 e. The van der Waals surface area contributed by atoms with Gasteiger partial charge in [-0.3, -0.25) is 4.79 Å². The zero-order chi connectivity index (χ0) is 14.7. The second-order valence-electron chi connectivity index (χ2n) is 4.39. The van der Waals surface area contributed by atoms with Crippen LogP contribution in [0.1, 0.15) is 33.6 Å². The monoisotopic (exact) mass is 274 g/mol. The number of carboxylic acids is 1. The maximum absolute atomic E-state index is 11.8. The van der Waals surface area contributed by atoms with Gasteiger partial charge in [0.15, 0.2) is 0 Å². The van der Waals surface area contributed by atoms with Gasteiger partial charge >= 0.3 is 12.0 Å². The molecule has 19 heavy (non-hydrogen) atoms. The zero-order valence-electron chi connectivity index (χ0n) is 12.1. The van der Waals surface area contributed by atoms with Crippen LogP contribution in [0.3, 0.4) is 0 Å². The summed E-state index contributed by atoms with van der Waals surface area (Å²) in [5.41, 5.74) is 0. The van der Waals surface area contributed by atoms with Crippen LogP contribution in [0, 0.1) is 5.92 Å². The van der Waals surface area contributed by atoms with E-state index in [0.717, 1.165) is 0 Å². The Balaban J connectivity index is 3.78. The fourth-order valence-electron chi connectivity index (χ4n) is 1.56. The minimum atomic E-state index is -0.793. The molecule has 0 aliphatic heterocycles. The predicted molar refractivity (Wildman–Crippen MR) is 73.2 cm³/mol. The standard InChI is InChI=1S/C13H26N2O4/c1-4-15(9-10-19-5-2)13(18)14-8-6-7-11(3)12(16)17/h11H,4-10H2,1-3H3,(H,14,18)(H,16,17). The number of likely N-dealkylation sites (N-methyl/N-ethyl adjacent to an activating group) is 1. The summed E-state index contributed by atoms with van der Waals surface area (Å²) >= 11 is 0. The fraction of sp³-hybridized carbons (Fsp3) is 0.846. The summed E-state index contributed by atoms with van der Waals surface area (Å²) in [5.74, 6) is -1.16. The lowest BCUT2D eigenvalue weighted by Gasteiger charge is -2.21. The van der Waals surface area contributed by atoms with Crippen LogP contribution in [0.25, 0.3) is 0 Å². The van der Waals surface area contributed by atoms with Crippen LogP contribution in [0.15, 0.2) is 0 Å². The van der Waals surface area contributed by atoms with Gasteiger partial charge in [-0.25, -0.2) is 4.79 Å². The number of nitrogens with zero attached hydrogens (tertiary/aromatic N) is 1. The van der Waals surface area contributed by atoms with E-state index in [2.05, 4.69) is 5.32 Å². The first-order valence-electron chi connectivity index (χ1n) is 6.86. The molecule has 0 saturated heterocycles. The van der Waals surface area contributed by atoms with Crippen molar-refractivity contribution in [1.29, 1.82) is 0 Å². The zero-order valence-corrected chi connectivity index (χ0v) is 12.1. The van der Waals surface area contributed by atoms with Gasteiger partial charge in [0.25, 0.3) is 0 Å². The molecule has 0 aliphatic carbocycles. The first-order chi connectivity index (χ1) is 9.02. The van der Waals surface area contributed by atoms with Crippen LogP contribution in [0.5, 0.6) is 0 Å². The highest BCUT2D eigenvalue weighted by Crippen LogP contribution is 2.04. The lowest BCUT2D eigenvalue weighted by Crippen LogP contribution is -2.42. The summed E-state index contributed by atoms with van der Waals surface area (Å²) in [6.07, 6.45) is 1.24. The van der Waals surface area contributed by atoms with Gasteiger partial charge in [0.05, 0.1) is 12.5 Å². The van der Waals surface area contributed by atoms with Crippen molar-refractivity contribution in [2.45, 2.75) is 33.6 Å². The highest BCUT2D eigenvalue weighted by atomic mass is 16.5. The minimum absolute atomic E-state index is 0.120. The number of carbonyl (C=O) groups is 2. The van der Waals surface area contributed by atoms with Crippen molar-refractivity contribution < 1.29 is 19.4 Å². The Kier molecular flexibility index (Phi) is 9.88. The highest BCUT2D eigenvalue weighted by Gasteiger charge is 2.12. The Morgan fingerprint density at radius 1 is 1.37 bits per heavy atom. The molecule has 0 spiro atoms. The van der Waals surface area contributed by atoms with Crippen molar-refractivity contribution in [2.24, 2.45) is 5.92 Å². The Hall–Kier alpha value is -1.30. The summed E-state index contributed by atoms with van der Waals surface area (Å²) in [7, 11) is 0. The van der Waals surface area contributed by atoms with Crippen molar-refractivity contribution in [3.8, 4) is 0 Å². The molecule has 0 radical (unpaired) electrons. The first kappa shape index (κ1) is 17.7. The van der Waals surface area contributed by atoms with Crippen molar-refractivity contribution in [3.05, 3.63) is 0 Å². The van der Waals surface area contributed by atoms with E-state index in [0.29, 0.717) is 45.7 Å². The molecular formula is C13H26N2O4. The Bertz CT molecular complexity index is 271. The molecule has 2 N–H and O–H groups in total. The third-order valence-electron chi connectivity index (χ3n) is 2.89. The quantitative estimate of drug-likeness (QED) is 0.592. The number of hydrogen-bond donors (Lipinski definition) is 2. The van der Waals surface area contributed by atoms with E-state index in [4.69, 9.17) is 9.84 Å². The molecule has 112 valence electrons. The SMILES string of the molecule is CCOCCN(CC)C(=O)NCCCC(C)C(=O)O. The van der Waals surface area contributed by atoms with Gasteiger partial charge in [0.2, 0.25) is 0 Å². The van der Waals surface area contributed by atoms with Crippen molar-refractivity contribution in [1.82, 2.24) is 10.2 Å². The molecule has 0 fully saturated rings. The average Bonchev–Trinajstić information content (AvgIpc) is 2.39. The average molecular weight is 274 g/mol. The normalized spacial score (nSPS) is 11.9. The van der Waals surface area contributed by atoms with Gasteiger partial charge in [0.1, 0.15) is 0 Å². The maximum Gasteiger partial charge on any atom is 0.317 e. The molecule has 0 saturated carbocycles. The molecule has 0 heterocycles. The number of amides is 2. The topological polar surface area (TPSA) is 78.9 Å². The third-order valence-corrected chi connectivity index (χ3v) is 2.89. The molecule has 0 bridgehead atoms. The van der Waals surface area contributed by atoms with E-state index in [9.17, 15) is 9.59 Å². The van der Waals surface area contributed by atoms with Crippen molar-refractivity contribution >= 4 is 12.0 Å². The first-order valence-corrected chi connectivity index (χ1v) is 6.86. The molecule has 6 nitrogen and oxygen atoms in total. The predicted octanol–water partition coefficient (Wildman–Crippen LogP) is 1.56. The van der Waals surface area contributed by atoms with Crippen molar-refractivity contribution in [3.63, 3.8) is 0 Å². The molecule has 2 amide bonds. The van der Waals surface area contributed by atoms with Gasteiger partial charge in [-0.15, -0.1) is 0 Å². The second-order valence-corrected chi connectivity index (χ2v) is 4.39. The summed E-state index contributed by atoms with van der Waals surface area (Å²) in [5, 5.41) is 11.5. The van der Waals surface area contributed by atoms with Crippen LogP contribution in [0.2, 0.25) is 0 Å². The number of nitrogens with one attached hydrogen (secondary N) is 1. The summed E-state index contributed by atoms with van der Waals surface area (Å²) in [4.78, 5) is 24.1. The lowest BCUT2D eigenvalue weighted by atomic mass is 10.1. The molecular weight excluding hydrogens is 248 g/mol. The van der Waals surface area contributed by atoms with Crippen LogP contribution in [-0.2, 0) is 9.53 Å². The number of rotatable bonds is 10. The van der Waals surface area contributed by atoms with E-state index in [1.807, 2.05) is 13.8 Å². The third kappa shape index (κ3) is 8.42. The molecule has 0 rings (SSSR count). The lowest BCUT2D eigenvalue weighted by molar-refractivity contribution is -0.141. The Labute approximate surface area is 115 Å². The van der Waals surface area contributed by atoms with E-state index >= 15 is 0 Å². The molecule has 0 aromatic carbocycles. The van der Waals surface area contributed by atoms with Crippen LogP contribution >= 0.6 is 0 Å². The fourth-order valence-corrected chi connectivity index (χ4v) is 1.56. The molecule has 1 unspecified atom stereocenters. The summed E-state index contributed by atoms with van der Waals surface area (Å²) < 4.78 is 5.21. The highest BCUT2D eigenvalue weighted by molar-refractivity contribution is 5.74. The van der Waals surface area contributed by atoms with Gasteiger partial charge < -0.3 is 20.1 Å². The van der Waals surface area contributed by atoms with Crippen LogP contribution in [0.4, 0.5) is 4.79 Å². The van der Waals surface area contributed by atoms with Gasteiger partial charge in [-0.05, 0) is 26.7 Å². The summed E-state index contributed by atoms with van der Waals surface area (Å²) in [6, 6.07) is -0.120. The molecule has 6 heteroatoms. The largest absolute Gasteiger partial charge is 0.481 e. The number of carbonyl (C=O) groups excluding carboxylic acids is 1. The van der Waals surface area contributed by atoms with Gasteiger partial charge in [0, 0.05) is 26.2 Å². The molecule has 0 aromatic heterocycles. The number of aliphatic carboxylic acids is 1. The number of carboxylic acid groups (broad SMARTS) is 1. The van der Waals surface area contributed by atoms with E-state index in [1.54, 1.807) is 11.8 Å². The van der Waals surface area contributed by atoms with E-state index < -0.39 is 5.97 Å². The second kappa shape index (κ2) is 10.6. The molecule has 0 aromatic rings. The summed E-state index contributed by atoms with van der Waals surface area (Å²) in [6.45, 7) is 8.39. The number of hydrogen-bond acceptors (Lipinski definition) is 3. The van der Waals surface area contributed by atoms with Gasteiger partial charge in [-0.1, -0.05) is 6.92 Å². The van der Waals surface area contributed by atoms with Gasteiger partial charge in [-0.2, -0.15) is 0 Å². The van der Waals surface area contributed by atoms with Crippen LogP contribution in [-0.4, -0.2) is 54.9 Å².